The summed E-state index contributed by atoms with van der Waals surface area (Å²) in [5.74, 6) is 3.22. The first-order chi connectivity index (χ1) is 8.94. The second-order valence-electron chi connectivity index (χ2n) is 9.45. The Labute approximate surface area is 129 Å². The van der Waals surface area contributed by atoms with E-state index in [0.29, 0.717) is 16.2 Å². The summed E-state index contributed by atoms with van der Waals surface area (Å²) in [4.78, 5) is 0. The average molecular weight is 281 g/mol. The van der Waals surface area contributed by atoms with Crippen molar-refractivity contribution in [2.45, 2.75) is 88.5 Å². The summed E-state index contributed by atoms with van der Waals surface area (Å²) in [6.07, 6.45) is 4.06. The molecule has 0 N–H and O–H groups in total. The molecule has 0 aromatic carbocycles. The highest BCUT2D eigenvalue weighted by Gasteiger charge is 2.62. The van der Waals surface area contributed by atoms with Crippen LogP contribution in [0.4, 0.5) is 0 Å². The van der Waals surface area contributed by atoms with E-state index in [1.807, 2.05) is 0 Å². The number of rotatable bonds is 4. The van der Waals surface area contributed by atoms with E-state index < -0.39 is 0 Å². The molecule has 4 unspecified atom stereocenters. The van der Waals surface area contributed by atoms with Gasteiger partial charge in [0.25, 0.3) is 0 Å². The molecule has 1 rings (SSSR count). The van der Waals surface area contributed by atoms with Crippen LogP contribution in [-0.2, 0) is 0 Å². The lowest BCUT2D eigenvalue weighted by molar-refractivity contribution is -0.189. The van der Waals surface area contributed by atoms with Crippen molar-refractivity contribution in [3.05, 3.63) is 0 Å². The Kier molecular flexibility index (Phi) is 5.10. The van der Waals surface area contributed by atoms with Gasteiger partial charge in [-0.3, -0.25) is 0 Å². The first kappa shape index (κ1) is 18.1. The van der Waals surface area contributed by atoms with Crippen molar-refractivity contribution >= 4 is 0 Å². The maximum atomic E-state index is 2.57. The molecule has 0 aliphatic heterocycles. The van der Waals surface area contributed by atoms with Crippen molar-refractivity contribution in [1.29, 1.82) is 0 Å². The van der Waals surface area contributed by atoms with E-state index in [0.717, 1.165) is 23.7 Å². The Morgan fingerprint density at radius 1 is 1.00 bits per heavy atom. The molecule has 1 fully saturated rings. The second-order valence-corrected chi connectivity index (χ2v) is 9.45. The molecule has 0 spiro atoms. The second kappa shape index (κ2) is 5.65. The summed E-state index contributed by atoms with van der Waals surface area (Å²) >= 11 is 0. The fourth-order valence-corrected chi connectivity index (χ4v) is 6.19. The minimum atomic E-state index is 0.411. The lowest BCUT2D eigenvalue weighted by Gasteiger charge is -2.67. The van der Waals surface area contributed by atoms with Crippen LogP contribution in [0.5, 0.6) is 0 Å². The molecular weight excluding hydrogens is 240 g/mol. The maximum absolute atomic E-state index is 2.57. The predicted octanol–water partition coefficient (Wildman–Crippen LogP) is 6.79. The van der Waals surface area contributed by atoms with E-state index in [4.69, 9.17) is 0 Å². The van der Waals surface area contributed by atoms with Gasteiger partial charge in [0.2, 0.25) is 0 Å². The summed E-state index contributed by atoms with van der Waals surface area (Å²) in [6.45, 7) is 25.0. The van der Waals surface area contributed by atoms with Gasteiger partial charge in [-0.1, -0.05) is 75.7 Å². The van der Waals surface area contributed by atoms with Gasteiger partial charge in [-0.15, -0.1) is 0 Å². The highest BCUT2D eigenvalue weighted by Crippen LogP contribution is 2.69. The molecule has 0 bridgehead atoms. The van der Waals surface area contributed by atoms with Crippen molar-refractivity contribution in [2.75, 3.05) is 0 Å². The summed E-state index contributed by atoms with van der Waals surface area (Å²) in [5.41, 5.74) is 1.30. The zero-order chi connectivity index (χ0) is 15.9. The highest BCUT2D eigenvalue weighted by atomic mass is 14.7. The first-order valence-electron chi connectivity index (χ1n) is 8.94. The molecule has 0 aromatic heterocycles. The molecule has 4 atom stereocenters. The first-order valence-corrected chi connectivity index (χ1v) is 8.94. The van der Waals surface area contributed by atoms with Crippen LogP contribution in [-0.4, -0.2) is 0 Å². The molecule has 0 radical (unpaired) electrons. The van der Waals surface area contributed by atoms with Crippen LogP contribution in [0.15, 0.2) is 0 Å². The molecule has 1 saturated carbocycles. The Bertz CT molecular complexity index is 323. The van der Waals surface area contributed by atoms with Crippen LogP contribution in [0.2, 0.25) is 0 Å². The number of hydrogen-bond acceptors (Lipinski definition) is 0. The zero-order valence-corrected chi connectivity index (χ0v) is 15.9. The molecule has 120 valence electrons. The van der Waals surface area contributed by atoms with Gasteiger partial charge in [-0.25, -0.2) is 0 Å². The molecule has 0 nitrogen and oxygen atoms in total. The quantitative estimate of drug-likeness (QED) is 0.531. The molecule has 0 saturated heterocycles. The summed E-state index contributed by atoms with van der Waals surface area (Å²) < 4.78 is 0. The Morgan fingerprint density at radius 2 is 1.50 bits per heavy atom. The third kappa shape index (κ3) is 2.46. The Morgan fingerprint density at radius 3 is 1.90 bits per heavy atom. The smallest absolute Gasteiger partial charge is 0.0164 e. The van der Waals surface area contributed by atoms with E-state index in [2.05, 4.69) is 69.2 Å². The van der Waals surface area contributed by atoms with Gasteiger partial charge in [0, 0.05) is 0 Å². The summed E-state index contributed by atoms with van der Waals surface area (Å²) in [7, 11) is 0. The average Bonchev–Trinajstić information content (AvgIpc) is 2.30. The third-order valence-electron chi connectivity index (χ3n) is 7.37. The zero-order valence-electron chi connectivity index (χ0n) is 15.9. The summed E-state index contributed by atoms with van der Waals surface area (Å²) in [6, 6.07) is 0. The predicted molar refractivity (Wildman–Crippen MR) is 91.9 cm³/mol. The van der Waals surface area contributed by atoms with Gasteiger partial charge in [0.05, 0.1) is 0 Å². The van der Waals surface area contributed by atoms with Gasteiger partial charge < -0.3 is 0 Å². The van der Waals surface area contributed by atoms with Gasteiger partial charge in [-0.2, -0.15) is 0 Å². The van der Waals surface area contributed by atoms with Gasteiger partial charge >= 0.3 is 0 Å². The minimum Gasteiger partial charge on any atom is -0.0651 e. The van der Waals surface area contributed by atoms with Crippen molar-refractivity contribution < 1.29 is 0 Å². The standard InChI is InChI=1S/C20H40/c1-11-16(5)20(12-14(2)3)18(7,8)13-15(4)17(6)19(20,9)10/h14-17H,11-13H2,1-10H3. The van der Waals surface area contributed by atoms with Crippen molar-refractivity contribution in [1.82, 2.24) is 0 Å². The van der Waals surface area contributed by atoms with Crippen molar-refractivity contribution in [3.63, 3.8) is 0 Å². The molecular formula is C20H40. The lowest BCUT2D eigenvalue weighted by atomic mass is 9.37. The van der Waals surface area contributed by atoms with Crippen LogP contribution in [0.25, 0.3) is 0 Å². The largest absolute Gasteiger partial charge is 0.0651 e. The highest BCUT2D eigenvalue weighted by molar-refractivity contribution is 5.10. The van der Waals surface area contributed by atoms with Crippen molar-refractivity contribution in [3.8, 4) is 0 Å². The molecule has 1 aliphatic rings. The normalized spacial score (nSPS) is 38.0. The van der Waals surface area contributed by atoms with E-state index in [1.165, 1.54) is 19.3 Å². The molecule has 0 aromatic rings. The van der Waals surface area contributed by atoms with Gasteiger partial charge in [0.1, 0.15) is 0 Å². The van der Waals surface area contributed by atoms with Crippen LogP contribution in [0, 0.1) is 39.9 Å². The van der Waals surface area contributed by atoms with E-state index in [-0.39, 0.29) is 0 Å². The number of hydrogen-bond donors (Lipinski definition) is 0. The topological polar surface area (TPSA) is 0 Å². The minimum absolute atomic E-state index is 0.411. The Balaban J connectivity index is 3.48. The van der Waals surface area contributed by atoms with E-state index >= 15 is 0 Å². The van der Waals surface area contributed by atoms with Gasteiger partial charge in [-0.05, 0) is 52.8 Å². The fourth-order valence-electron chi connectivity index (χ4n) is 6.19. The van der Waals surface area contributed by atoms with Crippen LogP contribution in [0.1, 0.15) is 88.5 Å². The van der Waals surface area contributed by atoms with Crippen LogP contribution < -0.4 is 0 Å². The van der Waals surface area contributed by atoms with Crippen LogP contribution >= 0.6 is 0 Å². The lowest BCUT2D eigenvalue weighted by Crippen LogP contribution is -2.61. The molecule has 1 aliphatic carbocycles. The van der Waals surface area contributed by atoms with E-state index in [1.54, 1.807) is 0 Å². The molecule has 0 heterocycles. The van der Waals surface area contributed by atoms with Crippen LogP contribution in [0.3, 0.4) is 0 Å². The fraction of sp³-hybridized carbons (Fsp3) is 1.00. The third-order valence-corrected chi connectivity index (χ3v) is 7.37. The monoisotopic (exact) mass is 280 g/mol. The Hall–Kier alpha value is 0. The molecule has 0 amide bonds. The molecule has 20 heavy (non-hydrogen) atoms. The van der Waals surface area contributed by atoms with Gasteiger partial charge in [0.15, 0.2) is 0 Å². The maximum Gasteiger partial charge on any atom is -0.0164 e. The van der Waals surface area contributed by atoms with E-state index in [9.17, 15) is 0 Å². The SMILES string of the molecule is CCC(C)C1(CC(C)C)C(C)(C)CC(C)C(C)C1(C)C. The summed E-state index contributed by atoms with van der Waals surface area (Å²) in [5, 5.41) is 0. The van der Waals surface area contributed by atoms with Crippen molar-refractivity contribution in [2.24, 2.45) is 39.9 Å². The molecule has 0 heteroatoms.